The number of allylic oxidation sites excluding steroid dienone is 2. The van der Waals surface area contributed by atoms with Gasteiger partial charge in [-0.05, 0) is 25.3 Å². The lowest BCUT2D eigenvalue weighted by Gasteiger charge is -2.21. The summed E-state index contributed by atoms with van der Waals surface area (Å²) >= 11 is 0. The van der Waals surface area contributed by atoms with Crippen molar-refractivity contribution in [3.05, 3.63) is 61.2 Å². The lowest BCUT2D eigenvalue weighted by atomic mass is 9.99. The molecule has 3 atom stereocenters. The molecule has 9 nitrogen and oxygen atoms in total. The van der Waals surface area contributed by atoms with Gasteiger partial charge in [0.25, 0.3) is 0 Å². The van der Waals surface area contributed by atoms with Gasteiger partial charge in [0.15, 0.2) is 6.04 Å². The van der Waals surface area contributed by atoms with Crippen molar-refractivity contribution in [1.82, 2.24) is 10.6 Å². The highest BCUT2D eigenvalue weighted by molar-refractivity contribution is 5.89. The third-order valence-corrected chi connectivity index (χ3v) is 4.72. The van der Waals surface area contributed by atoms with Crippen molar-refractivity contribution in [1.29, 1.82) is 0 Å². The Labute approximate surface area is 200 Å². The van der Waals surface area contributed by atoms with E-state index in [9.17, 15) is 19.2 Å². The minimum Gasteiger partial charge on any atom is -0.463 e. The van der Waals surface area contributed by atoms with Crippen molar-refractivity contribution in [2.45, 2.75) is 51.3 Å². The molecule has 0 unspecified atom stereocenters. The van der Waals surface area contributed by atoms with Gasteiger partial charge in [-0.1, -0.05) is 42.5 Å². The molecule has 1 rings (SSSR count). The molecule has 0 spiro atoms. The van der Waals surface area contributed by atoms with E-state index < -0.39 is 48.4 Å². The zero-order valence-electron chi connectivity index (χ0n) is 19.5. The van der Waals surface area contributed by atoms with Crippen LogP contribution in [0.25, 0.3) is 0 Å². The largest absolute Gasteiger partial charge is 0.463 e. The molecule has 1 aromatic carbocycles. The van der Waals surface area contributed by atoms with E-state index in [0.717, 1.165) is 5.56 Å². The second kappa shape index (κ2) is 16.2. The van der Waals surface area contributed by atoms with Crippen LogP contribution in [0.2, 0.25) is 0 Å². The topological polar surface area (TPSA) is 131 Å². The van der Waals surface area contributed by atoms with Crippen LogP contribution >= 0.6 is 0 Å². The van der Waals surface area contributed by atoms with Crippen LogP contribution in [-0.4, -0.2) is 54.2 Å². The number of hydrogen-bond acceptors (Lipinski definition) is 7. The maximum atomic E-state index is 12.9. The Balaban J connectivity index is 2.85. The van der Waals surface area contributed by atoms with Gasteiger partial charge in [0, 0.05) is 18.9 Å². The van der Waals surface area contributed by atoms with Crippen molar-refractivity contribution in [2.75, 3.05) is 13.2 Å². The van der Waals surface area contributed by atoms with E-state index in [-0.39, 0.29) is 32.5 Å². The summed E-state index contributed by atoms with van der Waals surface area (Å²) in [4.78, 5) is 49.7. The quantitative estimate of drug-likeness (QED) is 0.246. The van der Waals surface area contributed by atoms with Crippen LogP contribution in [-0.2, 0) is 35.3 Å². The fraction of sp³-hybridized carbons (Fsp3) is 0.440. The number of esters is 2. The van der Waals surface area contributed by atoms with Gasteiger partial charge in [-0.25, -0.2) is 4.79 Å². The molecule has 0 aliphatic rings. The summed E-state index contributed by atoms with van der Waals surface area (Å²) in [6, 6.07) is 7.27. The van der Waals surface area contributed by atoms with Crippen molar-refractivity contribution in [2.24, 2.45) is 5.92 Å². The molecule has 3 N–H and O–H groups in total. The third kappa shape index (κ3) is 11.4. The Kier molecular flexibility index (Phi) is 13.6. The minimum atomic E-state index is -1.25. The summed E-state index contributed by atoms with van der Waals surface area (Å²) in [6.45, 7) is 8.10. The summed E-state index contributed by atoms with van der Waals surface area (Å²) in [5.74, 6) is -3.15. The summed E-state index contributed by atoms with van der Waals surface area (Å²) in [7, 11) is 0. The smallest absolute Gasteiger partial charge is 0.332 e. The molecule has 0 aliphatic carbocycles. The molecule has 34 heavy (non-hydrogen) atoms. The molecule has 0 bridgehead atoms. The molecule has 0 fully saturated rings. The van der Waals surface area contributed by atoms with Crippen LogP contribution in [0.4, 0.5) is 0 Å². The molecule has 1 aromatic rings. The second-order valence-electron chi connectivity index (χ2n) is 7.74. The molecule has 186 valence electrons. The average Bonchev–Trinajstić information content (AvgIpc) is 2.83. The predicted molar refractivity (Wildman–Crippen MR) is 126 cm³/mol. The maximum absolute atomic E-state index is 12.9. The van der Waals surface area contributed by atoms with Crippen LogP contribution in [0.3, 0.4) is 0 Å². The zero-order valence-corrected chi connectivity index (χ0v) is 19.5. The highest BCUT2D eigenvalue weighted by Crippen LogP contribution is 2.12. The number of hydrogen-bond donors (Lipinski definition) is 3. The van der Waals surface area contributed by atoms with Crippen LogP contribution < -0.4 is 10.6 Å². The normalized spacial score (nSPS) is 13.0. The number of aliphatic hydroxyl groups excluding tert-OH is 1. The van der Waals surface area contributed by atoms with Crippen molar-refractivity contribution in [3.63, 3.8) is 0 Å². The monoisotopic (exact) mass is 474 g/mol. The molecule has 0 saturated heterocycles. The van der Waals surface area contributed by atoms with Gasteiger partial charge in [-0.3, -0.25) is 14.4 Å². The Bertz CT molecular complexity index is 826. The first-order chi connectivity index (χ1) is 16.3. The summed E-state index contributed by atoms with van der Waals surface area (Å²) < 4.78 is 10.4. The molecule has 0 heterocycles. The third-order valence-electron chi connectivity index (χ3n) is 4.72. The number of carbonyl (C=O) groups is 4. The van der Waals surface area contributed by atoms with Gasteiger partial charge >= 0.3 is 11.9 Å². The van der Waals surface area contributed by atoms with Gasteiger partial charge in [-0.15, -0.1) is 13.2 Å². The fourth-order valence-electron chi connectivity index (χ4n) is 2.84. The molecule has 0 saturated carbocycles. The van der Waals surface area contributed by atoms with E-state index in [1.165, 1.54) is 6.08 Å². The molecular weight excluding hydrogens is 440 g/mol. The fourth-order valence-corrected chi connectivity index (χ4v) is 2.84. The number of ether oxygens (including phenoxy) is 2. The second-order valence-corrected chi connectivity index (χ2v) is 7.74. The Morgan fingerprint density at radius 1 is 1.06 bits per heavy atom. The van der Waals surface area contributed by atoms with Gasteiger partial charge in [-0.2, -0.15) is 0 Å². The lowest BCUT2D eigenvalue weighted by molar-refractivity contribution is -0.155. The van der Waals surface area contributed by atoms with E-state index in [1.54, 1.807) is 37.3 Å². The number of nitrogens with one attached hydrogen (secondary N) is 2. The van der Waals surface area contributed by atoms with Crippen molar-refractivity contribution >= 4 is 23.8 Å². The van der Waals surface area contributed by atoms with Gasteiger partial charge in [0.1, 0.15) is 13.2 Å². The molecular formula is C25H34N2O7. The molecule has 9 heteroatoms. The molecule has 0 aromatic heterocycles. The highest BCUT2D eigenvalue weighted by atomic mass is 16.6. The first-order valence-corrected chi connectivity index (χ1v) is 11.1. The van der Waals surface area contributed by atoms with Crippen LogP contribution in [0, 0.1) is 5.92 Å². The van der Waals surface area contributed by atoms with Crippen LogP contribution in [0.15, 0.2) is 55.6 Å². The highest BCUT2D eigenvalue weighted by Gasteiger charge is 2.29. The first kappa shape index (κ1) is 28.6. The predicted octanol–water partition coefficient (Wildman–Crippen LogP) is 1.80. The number of rotatable bonds is 16. The SMILES string of the molecule is C=CCCC(=O)OC[C@@H](NC(=O)[C@H](CC=C)CC(=O)N[C@@H](C)CO)C(=O)OCc1ccccc1. The molecule has 2 amide bonds. The first-order valence-electron chi connectivity index (χ1n) is 11.1. The van der Waals surface area contributed by atoms with Gasteiger partial charge in [0.05, 0.1) is 12.5 Å². The zero-order chi connectivity index (χ0) is 25.3. The van der Waals surface area contributed by atoms with Gasteiger partial charge in [0.2, 0.25) is 11.8 Å². The molecule has 0 radical (unpaired) electrons. The minimum absolute atomic E-state index is 0.0198. The standard InChI is InChI=1S/C25H34N2O7/c1-4-6-13-23(30)33-17-21(25(32)34-16-19-11-8-7-9-12-19)27-24(31)20(10-5-2)14-22(29)26-18(3)15-28/h4-5,7-9,11-12,18,20-21,28H,1-2,6,10,13-17H2,3H3,(H,26,29)(H,27,31)/t18-,20+,21+/m0/s1. The van der Waals surface area contributed by atoms with Crippen molar-refractivity contribution < 1.29 is 33.8 Å². The summed E-state index contributed by atoms with van der Waals surface area (Å²) in [6.07, 6.45) is 3.57. The number of carbonyl (C=O) groups excluding carboxylic acids is 4. The Morgan fingerprint density at radius 3 is 2.38 bits per heavy atom. The molecule has 0 aliphatic heterocycles. The van der Waals surface area contributed by atoms with Gasteiger partial charge < -0.3 is 25.2 Å². The summed E-state index contributed by atoms with van der Waals surface area (Å²) in [5.41, 5.74) is 0.753. The van der Waals surface area contributed by atoms with E-state index in [0.29, 0.717) is 6.42 Å². The maximum Gasteiger partial charge on any atom is 0.332 e. The number of benzene rings is 1. The van der Waals surface area contributed by atoms with E-state index >= 15 is 0 Å². The van der Waals surface area contributed by atoms with E-state index in [2.05, 4.69) is 23.8 Å². The van der Waals surface area contributed by atoms with E-state index in [1.807, 2.05) is 6.07 Å². The number of aliphatic hydroxyl groups is 1. The summed E-state index contributed by atoms with van der Waals surface area (Å²) in [5, 5.41) is 14.2. The Morgan fingerprint density at radius 2 is 1.76 bits per heavy atom. The van der Waals surface area contributed by atoms with Crippen LogP contribution in [0.1, 0.15) is 38.2 Å². The Hall–Kier alpha value is -3.46. The number of amides is 2. The van der Waals surface area contributed by atoms with Crippen LogP contribution in [0.5, 0.6) is 0 Å². The van der Waals surface area contributed by atoms with E-state index in [4.69, 9.17) is 14.6 Å². The average molecular weight is 475 g/mol. The van der Waals surface area contributed by atoms with Crippen molar-refractivity contribution in [3.8, 4) is 0 Å². The lowest BCUT2D eigenvalue weighted by Crippen LogP contribution is -2.48.